The monoisotopic (exact) mass is 444 g/mol. The van der Waals surface area contributed by atoms with Crippen LogP contribution in [-0.2, 0) is 11.3 Å². The van der Waals surface area contributed by atoms with E-state index >= 15 is 0 Å². The molecule has 4 rings (SSSR count). The lowest BCUT2D eigenvalue weighted by Gasteiger charge is -2.30. The molecular formula is C21H21ClN4O3S. The van der Waals surface area contributed by atoms with Crippen molar-refractivity contribution in [3.8, 4) is 0 Å². The lowest BCUT2D eigenvalue weighted by atomic mass is 10.1. The second-order valence-corrected chi connectivity index (χ2v) is 8.24. The smallest absolute Gasteiger partial charge is 0.276 e. The predicted molar refractivity (Wildman–Crippen MR) is 113 cm³/mol. The fourth-order valence-electron chi connectivity index (χ4n) is 3.72. The van der Waals surface area contributed by atoms with E-state index in [4.69, 9.17) is 16.0 Å². The van der Waals surface area contributed by atoms with Crippen LogP contribution < -0.4 is 5.32 Å². The molecule has 7 nitrogen and oxygen atoms in total. The van der Waals surface area contributed by atoms with Crippen LogP contribution in [0.2, 0.25) is 5.02 Å². The number of hydrogen-bond donors (Lipinski definition) is 1. The highest BCUT2D eigenvalue weighted by Gasteiger charge is 2.36. The average molecular weight is 445 g/mol. The number of furan rings is 1. The molecule has 0 unspecified atom stereocenters. The van der Waals surface area contributed by atoms with Gasteiger partial charge in [-0.2, -0.15) is 0 Å². The van der Waals surface area contributed by atoms with Gasteiger partial charge in [0.05, 0.1) is 6.26 Å². The van der Waals surface area contributed by atoms with Crippen LogP contribution in [0.15, 0.2) is 52.5 Å². The summed E-state index contributed by atoms with van der Waals surface area (Å²) in [6, 6.07) is 9.80. The lowest BCUT2D eigenvalue weighted by Crippen LogP contribution is -2.45. The summed E-state index contributed by atoms with van der Waals surface area (Å²) < 4.78 is 9.37. The van der Waals surface area contributed by atoms with Gasteiger partial charge >= 0.3 is 0 Å². The first-order valence-electron chi connectivity index (χ1n) is 9.78. The van der Waals surface area contributed by atoms with Gasteiger partial charge in [0.25, 0.3) is 11.8 Å². The Morgan fingerprint density at radius 1 is 1.23 bits per heavy atom. The Labute approximate surface area is 183 Å². The standard InChI is InChI=1S/C21H21ClN4O3S/c22-16-9-4-1-6-14(16)12-26(21(28)17-13-30-25-24-17)19(18-10-5-11-29-18)20(27)23-15-7-2-3-8-15/h1,4-6,9-11,13,15,19H,2-3,7-8,12H2,(H,23,27)/t19-/m0/s1. The first-order valence-corrected chi connectivity index (χ1v) is 11.0. The van der Waals surface area contributed by atoms with Crippen molar-refractivity contribution in [2.24, 2.45) is 0 Å². The number of hydrogen-bond acceptors (Lipinski definition) is 6. The number of aromatic nitrogens is 2. The van der Waals surface area contributed by atoms with Gasteiger partial charge in [0, 0.05) is 23.0 Å². The minimum absolute atomic E-state index is 0.105. The van der Waals surface area contributed by atoms with Crippen molar-refractivity contribution >= 4 is 34.9 Å². The zero-order valence-corrected chi connectivity index (χ0v) is 17.7. The second kappa shape index (κ2) is 9.40. The molecule has 2 heterocycles. The van der Waals surface area contributed by atoms with Crippen LogP contribution in [0.3, 0.4) is 0 Å². The number of nitrogens with zero attached hydrogens (tertiary/aromatic N) is 3. The molecule has 0 bridgehead atoms. The number of halogens is 1. The number of amides is 2. The van der Waals surface area contributed by atoms with Gasteiger partial charge < -0.3 is 14.6 Å². The van der Waals surface area contributed by atoms with Crippen LogP contribution in [0.25, 0.3) is 0 Å². The highest BCUT2D eigenvalue weighted by molar-refractivity contribution is 7.03. The number of benzene rings is 1. The summed E-state index contributed by atoms with van der Waals surface area (Å²) in [5.41, 5.74) is 0.901. The fourth-order valence-corrected chi connectivity index (χ4v) is 4.34. The van der Waals surface area contributed by atoms with Gasteiger partial charge in [0.1, 0.15) is 5.76 Å². The lowest BCUT2D eigenvalue weighted by molar-refractivity contribution is -0.127. The molecule has 1 aliphatic rings. The summed E-state index contributed by atoms with van der Waals surface area (Å²) >= 11 is 7.44. The molecule has 9 heteroatoms. The SMILES string of the molecule is O=C(NC1CCCC1)[C@H](c1ccco1)N(Cc1ccccc1Cl)C(=O)c1csnn1. The van der Waals surface area contributed by atoms with Crippen LogP contribution >= 0.6 is 23.1 Å². The summed E-state index contributed by atoms with van der Waals surface area (Å²) in [7, 11) is 0. The Balaban J connectivity index is 1.71. The van der Waals surface area contributed by atoms with E-state index in [0.717, 1.165) is 42.8 Å². The van der Waals surface area contributed by atoms with Gasteiger partial charge in [-0.15, -0.1) is 5.10 Å². The van der Waals surface area contributed by atoms with E-state index in [1.54, 1.807) is 23.6 Å². The maximum absolute atomic E-state index is 13.4. The minimum atomic E-state index is -0.953. The first-order chi connectivity index (χ1) is 14.6. The molecule has 1 saturated carbocycles. The van der Waals surface area contributed by atoms with Gasteiger partial charge in [-0.05, 0) is 48.1 Å². The fraction of sp³-hybridized carbons (Fsp3) is 0.333. The minimum Gasteiger partial charge on any atom is -0.467 e. The largest absolute Gasteiger partial charge is 0.467 e. The van der Waals surface area contributed by atoms with Crippen molar-refractivity contribution in [3.05, 3.63) is 70.1 Å². The third kappa shape index (κ3) is 4.55. The number of carbonyl (C=O) groups is 2. The van der Waals surface area contributed by atoms with E-state index in [1.807, 2.05) is 18.2 Å². The predicted octanol–water partition coefficient (Wildman–Crippen LogP) is 4.23. The van der Waals surface area contributed by atoms with Gasteiger partial charge in [-0.25, -0.2) is 0 Å². The summed E-state index contributed by atoms with van der Waals surface area (Å²) in [6.07, 6.45) is 5.54. The van der Waals surface area contributed by atoms with Crippen molar-refractivity contribution in [1.82, 2.24) is 19.8 Å². The van der Waals surface area contributed by atoms with Crippen LogP contribution in [0, 0.1) is 0 Å². The molecule has 2 amide bonds. The Bertz CT molecular complexity index is 988. The third-order valence-electron chi connectivity index (χ3n) is 5.21. The highest BCUT2D eigenvalue weighted by Crippen LogP contribution is 2.29. The quantitative estimate of drug-likeness (QED) is 0.589. The summed E-state index contributed by atoms with van der Waals surface area (Å²) in [5.74, 6) is -0.304. The molecule has 156 valence electrons. The molecule has 1 fully saturated rings. The number of rotatable bonds is 7. The zero-order valence-electron chi connectivity index (χ0n) is 16.2. The molecule has 0 radical (unpaired) electrons. The second-order valence-electron chi connectivity index (χ2n) is 7.22. The van der Waals surface area contributed by atoms with Crippen LogP contribution in [0.4, 0.5) is 0 Å². The molecule has 1 aliphatic carbocycles. The molecule has 3 aromatic rings. The third-order valence-corrected chi connectivity index (χ3v) is 6.09. The van der Waals surface area contributed by atoms with Crippen molar-refractivity contribution < 1.29 is 14.0 Å². The maximum Gasteiger partial charge on any atom is 0.276 e. The topological polar surface area (TPSA) is 88.3 Å². The van der Waals surface area contributed by atoms with E-state index in [9.17, 15) is 9.59 Å². The Morgan fingerprint density at radius 3 is 2.70 bits per heavy atom. The molecule has 1 N–H and O–H groups in total. The molecule has 0 aliphatic heterocycles. The van der Waals surface area contributed by atoms with Crippen molar-refractivity contribution in [2.75, 3.05) is 0 Å². The van der Waals surface area contributed by atoms with E-state index in [1.165, 1.54) is 11.2 Å². The highest BCUT2D eigenvalue weighted by atomic mass is 35.5. The summed E-state index contributed by atoms with van der Waals surface area (Å²) in [5, 5.41) is 9.08. The molecule has 2 aromatic heterocycles. The van der Waals surface area contributed by atoms with Crippen LogP contribution in [-0.4, -0.2) is 32.3 Å². The van der Waals surface area contributed by atoms with Gasteiger partial charge in [-0.1, -0.05) is 47.1 Å². The molecule has 30 heavy (non-hydrogen) atoms. The van der Waals surface area contributed by atoms with Crippen molar-refractivity contribution in [2.45, 2.75) is 44.3 Å². The van der Waals surface area contributed by atoms with Gasteiger partial charge in [-0.3, -0.25) is 9.59 Å². The summed E-state index contributed by atoms with van der Waals surface area (Å²) in [4.78, 5) is 28.2. The Morgan fingerprint density at radius 2 is 2.03 bits per heavy atom. The molecule has 0 saturated heterocycles. The molecular weight excluding hydrogens is 424 g/mol. The van der Waals surface area contributed by atoms with E-state index < -0.39 is 11.9 Å². The Kier molecular flexibility index (Phi) is 6.44. The molecule has 1 atom stereocenters. The number of nitrogens with one attached hydrogen (secondary N) is 1. The van der Waals surface area contributed by atoms with Crippen molar-refractivity contribution in [1.29, 1.82) is 0 Å². The van der Waals surface area contributed by atoms with Crippen LogP contribution in [0.5, 0.6) is 0 Å². The maximum atomic E-state index is 13.4. The summed E-state index contributed by atoms with van der Waals surface area (Å²) in [6.45, 7) is 0.124. The van der Waals surface area contributed by atoms with Gasteiger partial charge in [0.2, 0.25) is 0 Å². The number of carbonyl (C=O) groups excluding carboxylic acids is 2. The molecule has 1 aromatic carbocycles. The van der Waals surface area contributed by atoms with Crippen molar-refractivity contribution in [3.63, 3.8) is 0 Å². The first kappa shape index (κ1) is 20.6. The van der Waals surface area contributed by atoms with Crippen LogP contribution in [0.1, 0.15) is 53.5 Å². The molecule has 0 spiro atoms. The Hall–Kier alpha value is -2.71. The normalized spacial score (nSPS) is 15.1. The van der Waals surface area contributed by atoms with Gasteiger partial charge in [0.15, 0.2) is 11.7 Å². The van der Waals surface area contributed by atoms with E-state index in [-0.39, 0.29) is 24.2 Å². The van der Waals surface area contributed by atoms with E-state index in [0.29, 0.717) is 10.8 Å². The average Bonchev–Trinajstić information content (AvgIpc) is 3.52. The van der Waals surface area contributed by atoms with E-state index in [2.05, 4.69) is 14.9 Å². The zero-order chi connectivity index (χ0) is 20.9.